The van der Waals surface area contributed by atoms with Crippen molar-refractivity contribution in [1.82, 2.24) is 29.8 Å². The van der Waals surface area contributed by atoms with Gasteiger partial charge in [0.2, 0.25) is 0 Å². The van der Waals surface area contributed by atoms with Crippen LogP contribution in [0.3, 0.4) is 0 Å². The lowest BCUT2D eigenvalue weighted by molar-refractivity contribution is 0.112. The van der Waals surface area contributed by atoms with Gasteiger partial charge in [0.05, 0.1) is 24.5 Å². The average Bonchev–Trinajstić information content (AvgIpc) is 3.65. The molecular weight excluding hydrogens is 494 g/mol. The van der Waals surface area contributed by atoms with E-state index in [2.05, 4.69) is 20.6 Å². The minimum absolute atomic E-state index is 0.0265. The first kappa shape index (κ1) is 26.3. The summed E-state index contributed by atoms with van der Waals surface area (Å²) in [5.74, 6) is 0.616. The van der Waals surface area contributed by atoms with Crippen LogP contribution in [0.5, 0.6) is 0 Å². The van der Waals surface area contributed by atoms with E-state index in [4.69, 9.17) is 9.84 Å². The Bertz CT molecular complexity index is 1450. The number of hydrogen-bond acceptors (Lipinski definition) is 6. The lowest BCUT2D eigenvalue weighted by Gasteiger charge is -2.21. The number of nitrogens with one attached hydrogen (secondary N) is 2. The Morgan fingerprint density at radius 2 is 1.97 bits per heavy atom. The van der Waals surface area contributed by atoms with E-state index < -0.39 is 0 Å². The molecule has 0 aliphatic carbocycles. The quantitative estimate of drug-likeness (QED) is 0.322. The van der Waals surface area contributed by atoms with Crippen molar-refractivity contribution in [1.29, 1.82) is 0 Å². The van der Waals surface area contributed by atoms with Gasteiger partial charge in [-0.25, -0.2) is 9.48 Å². The van der Waals surface area contributed by atoms with Crippen molar-refractivity contribution < 1.29 is 14.3 Å². The fourth-order valence-corrected chi connectivity index (χ4v) is 5.16. The Hall–Kier alpha value is -4.28. The molecule has 2 aromatic heterocycles. The smallest absolute Gasteiger partial charge is 0.320 e. The van der Waals surface area contributed by atoms with Crippen LogP contribution in [-0.2, 0) is 11.8 Å². The van der Waals surface area contributed by atoms with Gasteiger partial charge >= 0.3 is 6.03 Å². The van der Waals surface area contributed by atoms with E-state index in [1.807, 2.05) is 68.7 Å². The summed E-state index contributed by atoms with van der Waals surface area (Å²) in [7, 11) is 3.54. The van der Waals surface area contributed by atoms with Gasteiger partial charge in [-0.1, -0.05) is 36.4 Å². The molecule has 5 rings (SSSR count). The number of rotatable bonds is 9. The van der Waals surface area contributed by atoms with Crippen LogP contribution in [0.2, 0.25) is 0 Å². The number of para-hydroxylation sites is 1. The normalized spacial score (nSPS) is 17.3. The first-order chi connectivity index (χ1) is 19.0. The molecule has 2 N–H and O–H groups in total. The fourth-order valence-electron chi connectivity index (χ4n) is 5.16. The second-order valence-electron chi connectivity index (χ2n) is 9.82. The number of hydrogen-bond donors (Lipinski definition) is 2. The predicted octanol–water partition coefficient (Wildman–Crippen LogP) is 3.63. The molecule has 1 fully saturated rings. The maximum atomic E-state index is 13.5. The number of ether oxygens (including phenoxy) is 1. The highest BCUT2D eigenvalue weighted by molar-refractivity contribution is 5.91. The van der Waals surface area contributed by atoms with E-state index in [9.17, 15) is 9.59 Å². The SMILES string of the molecule is COCCN1C[C@@H](NC(=O)Nc2c(C)c(-c3cnn(C)c3)nn2-c2ccccc2)[C@H](c2cccc(C=O)c2)C1. The van der Waals surface area contributed by atoms with E-state index in [0.717, 1.165) is 47.4 Å². The number of benzene rings is 2. The van der Waals surface area contributed by atoms with Crippen LogP contribution >= 0.6 is 0 Å². The van der Waals surface area contributed by atoms with Crippen molar-refractivity contribution >= 4 is 18.1 Å². The Balaban J connectivity index is 1.42. The molecule has 4 aromatic rings. The molecule has 0 bridgehead atoms. The van der Waals surface area contributed by atoms with Gasteiger partial charge in [-0.05, 0) is 30.7 Å². The summed E-state index contributed by atoms with van der Waals surface area (Å²) in [6.45, 7) is 4.73. The summed E-state index contributed by atoms with van der Waals surface area (Å²) in [4.78, 5) is 27.2. The number of amides is 2. The van der Waals surface area contributed by atoms with E-state index in [-0.39, 0.29) is 18.0 Å². The van der Waals surface area contributed by atoms with Crippen LogP contribution in [0.4, 0.5) is 10.6 Å². The summed E-state index contributed by atoms with van der Waals surface area (Å²) in [6, 6.07) is 16.8. The molecule has 2 amide bonds. The molecule has 10 heteroatoms. The van der Waals surface area contributed by atoms with Gasteiger partial charge in [0, 0.05) is 62.6 Å². The van der Waals surface area contributed by atoms with Crippen LogP contribution in [0, 0.1) is 6.92 Å². The van der Waals surface area contributed by atoms with E-state index in [0.29, 0.717) is 24.5 Å². The van der Waals surface area contributed by atoms with Crippen molar-refractivity contribution in [3.63, 3.8) is 0 Å². The summed E-state index contributed by atoms with van der Waals surface area (Å²) in [5, 5.41) is 15.4. The number of anilines is 1. The van der Waals surface area contributed by atoms with Crippen molar-refractivity contribution in [3.05, 3.63) is 83.7 Å². The third-order valence-corrected chi connectivity index (χ3v) is 7.13. The van der Waals surface area contributed by atoms with Crippen LogP contribution in [0.15, 0.2) is 67.0 Å². The minimum atomic E-state index is -0.317. The molecule has 2 aromatic carbocycles. The number of urea groups is 1. The average molecular weight is 528 g/mol. The van der Waals surface area contributed by atoms with Gasteiger partial charge < -0.3 is 10.1 Å². The standard InChI is InChI=1S/C29H33N7O3/c1-20-27(23-15-30-34(2)16-23)33-36(24-10-5-4-6-11-24)28(20)32-29(38)31-26-18-35(12-13-39-3)17-25(26)22-9-7-8-21(14-22)19-37/h4-11,14-16,19,25-26H,12-13,17-18H2,1-3H3,(H2,31,32,38)/t25-,26+/m0/s1. The monoisotopic (exact) mass is 527 g/mol. The molecule has 1 aliphatic heterocycles. The Labute approximate surface area is 227 Å². The van der Waals surface area contributed by atoms with Gasteiger partial charge in [0.25, 0.3) is 0 Å². The first-order valence-corrected chi connectivity index (χ1v) is 12.9. The van der Waals surface area contributed by atoms with Gasteiger partial charge in [-0.15, -0.1) is 0 Å². The van der Waals surface area contributed by atoms with E-state index >= 15 is 0 Å². The molecule has 0 unspecified atom stereocenters. The van der Waals surface area contributed by atoms with Crippen LogP contribution in [0.1, 0.15) is 27.4 Å². The zero-order chi connectivity index (χ0) is 27.4. The highest BCUT2D eigenvalue weighted by atomic mass is 16.5. The molecule has 0 saturated carbocycles. The number of aryl methyl sites for hydroxylation is 1. The number of carbonyl (C=O) groups is 2. The molecule has 202 valence electrons. The van der Waals surface area contributed by atoms with Gasteiger partial charge in [0.15, 0.2) is 0 Å². The van der Waals surface area contributed by atoms with E-state index in [1.165, 1.54) is 0 Å². The molecule has 1 aliphatic rings. The number of aldehydes is 1. The van der Waals surface area contributed by atoms with E-state index in [1.54, 1.807) is 28.7 Å². The molecule has 39 heavy (non-hydrogen) atoms. The zero-order valence-corrected chi connectivity index (χ0v) is 22.4. The molecule has 0 radical (unpaired) electrons. The summed E-state index contributed by atoms with van der Waals surface area (Å²) in [6.07, 6.45) is 4.52. The zero-order valence-electron chi connectivity index (χ0n) is 22.4. The first-order valence-electron chi connectivity index (χ1n) is 12.9. The predicted molar refractivity (Wildman–Crippen MR) is 149 cm³/mol. The number of likely N-dealkylation sites (tertiary alicyclic amines) is 1. The van der Waals surface area contributed by atoms with Crippen molar-refractivity contribution in [3.8, 4) is 16.9 Å². The van der Waals surface area contributed by atoms with Gasteiger partial charge in [-0.3, -0.25) is 19.7 Å². The number of methoxy groups -OCH3 is 1. The third-order valence-electron chi connectivity index (χ3n) is 7.13. The molecular formula is C29H33N7O3. The molecule has 0 spiro atoms. The lowest BCUT2D eigenvalue weighted by Crippen LogP contribution is -2.42. The summed E-state index contributed by atoms with van der Waals surface area (Å²) in [5.41, 5.74) is 4.93. The maximum Gasteiger partial charge on any atom is 0.320 e. The van der Waals surface area contributed by atoms with Crippen LogP contribution < -0.4 is 10.6 Å². The molecule has 1 saturated heterocycles. The highest BCUT2D eigenvalue weighted by Gasteiger charge is 2.35. The van der Waals surface area contributed by atoms with Crippen molar-refractivity contribution in [2.45, 2.75) is 18.9 Å². The second kappa shape index (κ2) is 11.6. The Kier molecular flexibility index (Phi) is 7.85. The summed E-state index contributed by atoms with van der Waals surface area (Å²) < 4.78 is 8.76. The second-order valence-corrected chi connectivity index (χ2v) is 9.82. The van der Waals surface area contributed by atoms with Gasteiger partial charge in [0.1, 0.15) is 17.8 Å². The largest absolute Gasteiger partial charge is 0.383 e. The number of aromatic nitrogens is 4. The Morgan fingerprint density at radius 1 is 1.15 bits per heavy atom. The number of carbonyl (C=O) groups excluding carboxylic acids is 2. The third kappa shape index (κ3) is 5.76. The van der Waals surface area contributed by atoms with Crippen molar-refractivity contribution in [2.75, 3.05) is 38.7 Å². The van der Waals surface area contributed by atoms with Crippen LogP contribution in [0.25, 0.3) is 16.9 Å². The van der Waals surface area contributed by atoms with Gasteiger partial charge in [-0.2, -0.15) is 10.2 Å². The highest BCUT2D eigenvalue weighted by Crippen LogP contribution is 2.31. The maximum absolute atomic E-state index is 13.5. The Morgan fingerprint density at radius 3 is 2.69 bits per heavy atom. The number of nitrogens with zero attached hydrogens (tertiary/aromatic N) is 5. The minimum Gasteiger partial charge on any atom is -0.383 e. The fraction of sp³-hybridized carbons (Fsp3) is 0.310. The van der Waals surface area contributed by atoms with Crippen molar-refractivity contribution in [2.24, 2.45) is 7.05 Å². The van der Waals surface area contributed by atoms with Crippen LogP contribution in [-0.4, -0.2) is 76.2 Å². The lowest BCUT2D eigenvalue weighted by atomic mass is 9.93. The molecule has 10 nitrogen and oxygen atoms in total. The summed E-state index contributed by atoms with van der Waals surface area (Å²) >= 11 is 0. The molecule has 2 atom stereocenters. The topological polar surface area (TPSA) is 106 Å². The molecule has 3 heterocycles.